The smallest absolute Gasteiger partial charge is 0.146 e. The minimum Gasteiger partial charge on any atom is -0.496 e. The molecule has 0 saturated carbocycles. The van der Waals surface area contributed by atoms with Gasteiger partial charge in [0.15, 0.2) is 0 Å². The van der Waals surface area contributed by atoms with Gasteiger partial charge in [-0.25, -0.2) is 4.39 Å². The van der Waals surface area contributed by atoms with Crippen LogP contribution in [0.4, 0.5) is 4.39 Å². The number of para-hydroxylation sites is 1. The molecule has 0 saturated heterocycles. The molecule has 112 valence electrons. The lowest BCUT2D eigenvalue weighted by Gasteiger charge is -2.20. The fraction of sp³-hybridized carbons (Fsp3) is 0.353. The monoisotopic (exact) mass is 288 g/mol. The Bertz CT molecular complexity index is 574. The van der Waals surface area contributed by atoms with Gasteiger partial charge in [-0.05, 0) is 43.1 Å². The first-order chi connectivity index (χ1) is 10.3. The maximum Gasteiger partial charge on any atom is 0.146 e. The zero-order valence-corrected chi connectivity index (χ0v) is 12.5. The number of pyridine rings is 1. The molecule has 21 heavy (non-hydrogen) atoms. The first kappa shape index (κ1) is 15.4. The second kappa shape index (κ2) is 7.74. The van der Waals surface area contributed by atoms with Crippen molar-refractivity contribution in [3.63, 3.8) is 0 Å². The molecule has 4 heteroatoms. The molecule has 0 amide bonds. The lowest BCUT2D eigenvalue weighted by Crippen LogP contribution is -2.26. The quantitative estimate of drug-likeness (QED) is 0.846. The molecule has 3 nitrogen and oxygen atoms in total. The fourth-order valence-electron chi connectivity index (χ4n) is 2.33. The second-order valence-corrected chi connectivity index (χ2v) is 4.89. The third-order valence-electron chi connectivity index (χ3n) is 3.37. The Hall–Kier alpha value is -1.94. The number of nitrogens with one attached hydrogen (secondary N) is 1. The molecule has 0 aliphatic rings. The van der Waals surface area contributed by atoms with Gasteiger partial charge in [0.2, 0.25) is 0 Å². The number of nitrogens with zero attached hydrogens (tertiary/aromatic N) is 1. The minimum atomic E-state index is -0.277. The number of hydrogen-bond donors (Lipinski definition) is 1. The van der Waals surface area contributed by atoms with Crippen molar-refractivity contribution >= 4 is 0 Å². The van der Waals surface area contributed by atoms with Crippen LogP contribution in [-0.2, 0) is 6.42 Å². The molecule has 0 aliphatic heterocycles. The summed E-state index contributed by atoms with van der Waals surface area (Å²) in [5.74, 6) is 0.540. The lowest BCUT2D eigenvalue weighted by atomic mass is 10.0. The molecule has 1 aromatic heterocycles. The van der Waals surface area contributed by atoms with Crippen LogP contribution in [0.3, 0.4) is 0 Å². The van der Waals surface area contributed by atoms with Crippen molar-refractivity contribution in [2.45, 2.75) is 25.8 Å². The Morgan fingerprint density at radius 2 is 2.05 bits per heavy atom. The Morgan fingerprint density at radius 1 is 1.24 bits per heavy atom. The van der Waals surface area contributed by atoms with E-state index >= 15 is 0 Å². The van der Waals surface area contributed by atoms with Gasteiger partial charge >= 0.3 is 0 Å². The summed E-state index contributed by atoms with van der Waals surface area (Å²) in [7, 11) is 1.65. The van der Waals surface area contributed by atoms with E-state index in [1.807, 2.05) is 24.3 Å². The highest BCUT2D eigenvalue weighted by Crippen LogP contribution is 2.25. The van der Waals surface area contributed by atoms with Crippen molar-refractivity contribution in [2.24, 2.45) is 0 Å². The molecule has 0 aliphatic carbocycles. The SMILES string of the molecule is CCCNC(Cc1ccccc1OC)c1ncccc1F. The number of halogens is 1. The highest BCUT2D eigenvalue weighted by atomic mass is 19.1. The molecule has 1 heterocycles. The highest BCUT2D eigenvalue weighted by molar-refractivity contribution is 5.34. The molecule has 0 bridgehead atoms. The van der Waals surface area contributed by atoms with Crippen LogP contribution in [0.5, 0.6) is 5.75 Å². The zero-order chi connectivity index (χ0) is 15.1. The highest BCUT2D eigenvalue weighted by Gasteiger charge is 2.18. The Balaban J connectivity index is 2.26. The van der Waals surface area contributed by atoms with Gasteiger partial charge in [0, 0.05) is 6.20 Å². The first-order valence-electron chi connectivity index (χ1n) is 7.22. The molecule has 1 aromatic carbocycles. The van der Waals surface area contributed by atoms with Crippen molar-refractivity contribution in [3.8, 4) is 5.75 Å². The molecule has 1 unspecified atom stereocenters. The maximum atomic E-state index is 14.0. The van der Waals surface area contributed by atoms with Crippen LogP contribution in [-0.4, -0.2) is 18.6 Å². The van der Waals surface area contributed by atoms with Gasteiger partial charge in [0.25, 0.3) is 0 Å². The van der Waals surface area contributed by atoms with E-state index in [2.05, 4.69) is 17.2 Å². The van der Waals surface area contributed by atoms with Crippen molar-refractivity contribution in [3.05, 3.63) is 59.7 Å². The molecular formula is C17H21FN2O. The van der Waals surface area contributed by atoms with Gasteiger partial charge in [-0.15, -0.1) is 0 Å². The first-order valence-corrected chi connectivity index (χ1v) is 7.22. The summed E-state index contributed by atoms with van der Waals surface area (Å²) in [6.45, 7) is 2.90. The number of benzene rings is 1. The average molecular weight is 288 g/mol. The molecule has 0 spiro atoms. The van der Waals surface area contributed by atoms with E-state index in [9.17, 15) is 4.39 Å². The van der Waals surface area contributed by atoms with Crippen LogP contribution in [0.1, 0.15) is 30.6 Å². The summed E-state index contributed by atoms with van der Waals surface area (Å²) < 4.78 is 19.4. The van der Waals surface area contributed by atoms with E-state index in [4.69, 9.17) is 4.74 Å². The van der Waals surface area contributed by atoms with Gasteiger partial charge in [-0.1, -0.05) is 25.1 Å². The average Bonchev–Trinajstić information content (AvgIpc) is 2.52. The number of hydrogen-bond acceptors (Lipinski definition) is 3. The van der Waals surface area contributed by atoms with Crippen molar-refractivity contribution in [2.75, 3.05) is 13.7 Å². The van der Waals surface area contributed by atoms with E-state index in [1.54, 1.807) is 19.4 Å². The molecular weight excluding hydrogens is 267 g/mol. The maximum absolute atomic E-state index is 14.0. The molecule has 2 rings (SSSR count). The third kappa shape index (κ3) is 4.02. The fourth-order valence-corrected chi connectivity index (χ4v) is 2.33. The van der Waals surface area contributed by atoms with Crippen LogP contribution in [0, 0.1) is 5.82 Å². The predicted molar refractivity (Wildman–Crippen MR) is 81.9 cm³/mol. The molecule has 1 N–H and O–H groups in total. The summed E-state index contributed by atoms with van der Waals surface area (Å²) in [6.07, 6.45) is 3.25. The lowest BCUT2D eigenvalue weighted by molar-refractivity contribution is 0.403. The number of ether oxygens (including phenoxy) is 1. The topological polar surface area (TPSA) is 34.1 Å². The minimum absolute atomic E-state index is 0.164. The van der Waals surface area contributed by atoms with Gasteiger partial charge < -0.3 is 10.1 Å². The molecule has 0 fully saturated rings. The van der Waals surface area contributed by atoms with E-state index in [0.717, 1.165) is 24.3 Å². The van der Waals surface area contributed by atoms with Crippen molar-refractivity contribution < 1.29 is 9.13 Å². The van der Waals surface area contributed by atoms with E-state index in [0.29, 0.717) is 12.1 Å². The largest absolute Gasteiger partial charge is 0.496 e. The molecule has 1 atom stereocenters. The number of aromatic nitrogens is 1. The Labute approximate surface area is 125 Å². The van der Waals surface area contributed by atoms with Crippen LogP contribution >= 0.6 is 0 Å². The van der Waals surface area contributed by atoms with Crippen LogP contribution in [0.15, 0.2) is 42.6 Å². The summed E-state index contributed by atoms with van der Waals surface area (Å²) in [5.41, 5.74) is 1.50. The summed E-state index contributed by atoms with van der Waals surface area (Å²) in [5, 5.41) is 3.37. The summed E-state index contributed by atoms with van der Waals surface area (Å²) in [6, 6.07) is 10.7. The zero-order valence-electron chi connectivity index (χ0n) is 12.5. The molecule has 0 radical (unpaired) electrons. The summed E-state index contributed by atoms with van der Waals surface area (Å²) in [4.78, 5) is 4.20. The van der Waals surface area contributed by atoms with Crippen molar-refractivity contribution in [1.29, 1.82) is 0 Å². The normalized spacial score (nSPS) is 12.1. The van der Waals surface area contributed by atoms with Crippen LogP contribution < -0.4 is 10.1 Å². The predicted octanol–water partition coefficient (Wildman–Crippen LogP) is 3.51. The van der Waals surface area contributed by atoms with Crippen LogP contribution in [0.25, 0.3) is 0 Å². The van der Waals surface area contributed by atoms with Crippen molar-refractivity contribution in [1.82, 2.24) is 10.3 Å². The third-order valence-corrected chi connectivity index (χ3v) is 3.37. The van der Waals surface area contributed by atoms with E-state index in [-0.39, 0.29) is 11.9 Å². The van der Waals surface area contributed by atoms with Gasteiger partial charge in [-0.3, -0.25) is 4.98 Å². The second-order valence-electron chi connectivity index (χ2n) is 4.89. The Morgan fingerprint density at radius 3 is 2.76 bits per heavy atom. The number of rotatable bonds is 7. The Kier molecular flexibility index (Phi) is 5.69. The van der Waals surface area contributed by atoms with E-state index < -0.39 is 0 Å². The van der Waals surface area contributed by atoms with Gasteiger partial charge in [0.05, 0.1) is 18.8 Å². The number of methoxy groups -OCH3 is 1. The standard InChI is InChI=1S/C17H21FN2O/c1-3-10-19-15(17-14(18)8-6-11-20-17)12-13-7-4-5-9-16(13)21-2/h4-9,11,15,19H,3,10,12H2,1-2H3. The van der Waals surface area contributed by atoms with Gasteiger partial charge in [0.1, 0.15) is 11.6 Å². The van der Waals surface area contributed by atoms with Gasteiger partial charge in [-0.2, -0.15) is 0 Å². The molecule has 2 aromatic rings. The summed E-state index contributed by atoms with van der Waals surface area (Å²) >= 11 is 0. The van der Waals surface area contributed by atoms with E-state index in [1.165, 1.54) is 6.07 Å². The van der Waals surface area contributed by atoms with Crippen LogP contribution in [0.2, 0.25) is 0 Å².